The minimum atomic E-state index is -0.424. The third-order valence-electron chi connectivity index (χ3n) is 2.95. The van der Waals surface area contributed by atoms with Crippen molar-refractivity contribution in [3.05, 3.63) is 55.4 Å². The molecule has 24 heavy (non-hydrogen) atoms. The highest BCUT2D eigenvalue weighted by Gasteiger charge is 2.06. The van der Waals surface area contributed by atoms with Gasteiger partial charge in [-0.1, -0.05) is 27.5 Å². The zero-order valence-electron chi connectivity index (χ0n) is 12.5. The van der Waals surface area contributed by atoms with Gasteiger partial charge in [0.15, 0.2) is 6.61 Å². The summed E-state index contributed by atoms with van der Waals surface area (Å²) in [4.78, 5) is 11.7. The summed E-state index contributed by atoms with van der Waals surface area (Å²) < 4.78 is 6.64. The predicted molar refractivity (Wildman–Crippen MR) is 101 cm³/mol. The quantitative estimate of drug-likeness (QED) is 0.496. The van der Waals surface area contributed by atoms with Crippen LogP contribution in [0.15, 0.2) is 44.4 Å². The number of carbonyl (C=O) groups is 1. The Kier molecular flexibility index (Phi) is 6.65. The van der Waals surface area contributed by atoms with Crippen LogP contribution in [0.4, 0.5) is 0 Å². The largest absolute Gasteiger partial charge is 0.506 e. The van der Waals surface area contributed by atoms with Gasteiger partial charge in [0.25, 0.3) is 5.91 Å². The first-order chi connectivity index (χ1) is 11.4. The van der Waals surface area contributed by atoms with Gasteiger partial charge < -0.3 is 9.84 Å². The number of phenols is 1. The third-order valence-corrected chi connectivity index (χ3v) is 4.44. The molecule has 0 aliphatic rings. The van der Waals surface area contributed by atoms with Gasteiger partial charge in [0.2, 0.25) is 0 Å². The molecule has 0 bridgehead atoms. The summed E-state index contributed by atoms with van der Waals surface area (Å²) in [6.45, 7) is 1.66. The number of aromatic hydroxyl groups is 1. The van der Waals surface area contributed by atoms with Crippen molar-refractivity contribution in [3.8, 4) is 11.5 Å². The monoisotopic (exact) mass is 474 g/mol. The Morgan fingerprint density at radius 2 is 2.12 bits per heavy atom. The van der Waals surface area contributed by atoms with E-state index in [1.165, 1.54) is 6.21 Å². The maximum Gasteiger partial charge on any atom is 0.277 e. The van der Waals surface area contributed by atoms with Crippen LogP contribution in [-0.2, 0) is 4.79 Å². The summed E-state index contributed by atoms with van der Waals surface area (Å²) >= 11 is 12.5. The molecule has 1 amide bonds. The molecule has 2 rings (SSSR count). The second-order valence-corrected chi connectivity index (χ2v) is 7.00. The SMILES string of the molecule is Cc1cc(OCC(=O)N/N=C\c2cc(Br)cc(Br)c2O)ccc1Cl. The number of rotatable bonds is 5. The van der Waals surface area contributed by atoms with Gasteiger partial charge in [-0.2, -0.15) is 5.10 Å². The average Bonchev–Trinajstić information content (AvgIpc) is 2.53. The molecule has 0 atom stereocenters. The zero-order valence-corrected chi connectivity index (χ0v) is 16.4. The van der Waals surface area contributed by atoms with Crippen molar-refractivity contribution in [1.82, 2.24) is 5.43 Å². The van der Waals surface area contributed by atoms with E-state index in [9.17, 15) is 9.90 Å². The molecule has 0 radical (unpaired) electrons. The first-order valence-electron chi connectivity index (χ1n) is 6.75. The van der Waals surface area contributed by atoms with Gasteiger partial charge >= 0.3 is 0 Å². The van der Waals surface area contributed by atoms with Gasteiger partial charge in [0.05, 0.1) is 10.7 Å². The molecule has 0 unspecified atom stereocenters. The molecule has 0 aliphatic carbocycles. The van der Waals surface area contributed by atoms with Crippen LogP contribution in [0.1, 0.15) is 11.1 Å². The molecular weight excluding hydrogens is 463 g/mol. The number of nitrogens with zero attached hydrogens (tertiary/aromatic N) is 1. The van der Waals surface area contributed by atoms with Gasteiger partial charge in [-0.05, 0) is 58.7 Å². The van der Waals surface area contributed by atoms with E-state index in [0.717, 1.165) is 10.0 Å². The van der Waals surface area contributed by atoms with Gasteiger partial charge in [-0.3, -0.25) is 4.79 Å². The number of nitrogens with one attached hydrogen (secondary N) is 1. The number of hydrogen-bond donors (Lipinski definition) is 2. The lowest BCUT2D eigenvalue weighted by Gasteiger charge is -2.07. The van der Waals surface area contributed by atoms with Crippen LogP contribution in [-0.4, -0.2) is 23.8 Å². The Hall–Kier alpha value is -1.57. The number of halogens is 3. The van der Waals surface area contributed by atoms with E-state index in [1.807, 2.05) is 6.92 Å². The topological polar surface area (TPSA) is 70.9 Å². The Morgan fingerprint density at radius 1 is 1.38 bits per heavy atom. The van der Waals surface area contributed by atoms with Crippen LogP contribution in [0.3, 0.4) is 0 Å². The molecule has 5 nitrogen and oxygen atoms in total. The Morgan fingerprint density at radius 3 is 2.83 bits per heavy atom. The Labute approximate surface area is 160 Å². The van der Waals surface area contributed by atoms with Crippen LogP contribution in [0.5, 0.6) is 11.5 Å². The van der Waals surface area contributed by atoms with Crippen molar-refractivity contribution in [2.45, 2.75) is 6.92 Å². The number of phenolic OH excluding ortho intramolecular Hbond substituents is 1. The minimum absolute atomic E-state index is 0.0316. The molecule has 0 fully saturated rings. The van der Waals surface area contributed by atoms with Crippen molar-refractivity contribution in [3.63, 3.8) is 0 Å². The van der Waals surface area contributed by atoms with E-state index in [1.54, 1.807) is 30.3 Å². The van der Waals surface area contributed by atoms with E-state index in [-0.39, 0.29) is 12.4 Å². The highest BCUT2D eigenvalue weighted by molar-refractivity contribution is 9.11. The minimum Gasteiger partial charge on any atom is -0.506 e. The molecule has 2 aromatic rings. The molecule has 0 saturated carbocycles. The summed E-state index contributed by atoms with van der Waals surface area (Å²) in [5.41, 5.74) is 3.65. The van der Waals surface area contributed by atoms with Crippen LogP contribution < -0.4 is 10.2 Å². The number of benzene rings is 2. The van der Waals surface area contributed by atoms with E-state index < -0.39 is 5.91 Å². The standard InChI is InChI=1S/C16H13Br2ClN2O3/c1-9-4-12(2-3-14(9)19)24-8-15(22)21-20-7-10-5-11(17)6-13(18)16(10)23/h2-7,23H,8H2,1H3,(H,21,22)/b20-7-. The first-order valence-corrected chi connectivity index (χ1v) is 8.72. The first kappa shape index (κ1) is 18.8. The fourth-order valence-corrected chi connectivity index (χ4v) is 3.12. The number of amides is 1. The Balaban J connectivity index is 1.90. The highest BCUT2D eigenvalue weighted by atomic mass is 79.9. The second-order valence-electron chi connectivity index (χ2n) is 4.82. The second kappa shape index (κ2) is 8.50. The fraction of sp³-hybridized carbons (Fsp3) is 0.125. The lowest BCUT2D eigenvalue weighted by molar-refractivity contribution is -0.123. The summed E-state index contributed by atoms with van der Waals surface area (Å²) in [7, 11) is 0. The summed E-state index contributed by atoms with van der Waals surface area (Å²) in [6, 6.07) is 8.50. The molecule has 0 aromatic heterocycles. The molecule has 0 saturated heterocycles. The summed E-state index contributed by atoms with van der Waals surface area (Å²) in [5.74, 6) is 0.154. The maximum absolute atomic E-state index is 11.7. The van der Waals surface area contributed by atoms with Gasteiger partial charge in [-0.25, -0.2) is 5.43 Å². The number of carbonyl (C=O) groups excluding carboxylic acids is 1. The maximum atomic E-state index is 11.7. The molecule has 0 aliphatic heterocycles. The van der Waals surface area contributed by atoms with Crippen LogP contribution >= 0.6 is 43.5 Å². The number of ether oxygens (including phenoxy) is 1. The molecule has 2 N–H and O–H groups in total. The van der Waals surface area contributed by atoms with E-state index in [2.05, 4.69) is 42.4 Å². The molecule has 126 valence electrons. The van der Waals surface area contributed by atoms with Gasteiger partial charge in [0, 0.05) is 15.1 Å². The Bertz CT molecular complexity index is 797. The average molecular weight is 477 g/mol. The van der Waals surface area contributed by atoms with Crippen molar-refractivity contribution >= 4 is 55.6 Å². The van der Waals surface area contributed by atoms with Crippen LogP contribution in [0.2, 0.25) is 5.02 Å². The van der Waals surface area contributed by atoms with Crippen molar-refractivity contribution in [2.75, 3.05) is 6.61 Å². The van der Waals surface area contributed by atoms with E-state index >= 15 is 0 Å². The third kappa shape index (κ3) is 5.22. The van der Waals surface area contributed by atoms with E-state index in [0.29, 0.717) is 20.8 Å². The van der Waals surface area contributed by atoms with Gasteiger partial charge in [-0.15, -0.1) is 0 Å². The number of hydrazone groups is 1. The van der Waals surface area contributed by atoms with Crippen LogP contribution in [0.25, 0.3) is 0 Å². The predicted octanol–water partition coefficient (Wildman–Crippen LogP) is 4.41. The number of hydrogen-bond acceptors (Lipinski definition) is 4. The van der Waals surface area contributed by atoms with E-state index in [4.69, 9.17) is 16.3 Å². The normalized spacial score (nSPS) is 10.8. The molecule has 0 spiro atoms. The number of aryl methyl sites for hydroxylation is 1. The van der Waals surface area contributed by atoms with Crippen molar-refractivity contribution < 1.29 is 14.6 Å². The molecule has 2 aromatic carbocycles. The molecule has 0 heterocycles. The summed E-state index contributed by atoms with van der Waals surface area (Å²) in [6.07, 6.45) is 1.34. The smallest absolute Gasteiger partial charge is 0.277 e. The fourth-order valence-electron chi connectivity index (χ4n) is 1.75. The summed E-state index contributed by atoms with van der Waals surface area (Å²) in [5, 5.41) is 14.3. The zero-order chi connectivity index (χ0) is 17.7. The lowest BCUT2D eigenvalue weighted by Crippen LogP contribution is -2.24. The molecule has 8 heteroatoms. The van der Waals surface area contributed by atoms with Crippen molar-refractivity contribution in [2.24, 2.45) is 5.10 Å². The highest BCUT2D eigenvalue weighted by Crippen LogP contribution is 2.30. The lowest BCUT2D eigenvalue weighted by atomic mass is 10.2. The van der Waals surface area contributed by atoms with Crippen LogP contribution in [0, 0.1) is 6.92 Å². The van der Waals surface area contributed by atoms with Crippen molar-refractivity contribution in [1.29, 1.82) is 0 Å². The molecular formula is C16H13Br2ClN2O3. The van der Waals surface area contributed by atoms with Gasteiger partial charge in [0.1, 0.15) is 11.5 Å².